The lowest BCUT2D eigenvalue weighted by Crippen LogP contribution is -2.09. The number of benzene rings is 5. The van der Waals surface area contributed by atoms with Gasteiger partial charge in [0, 0.05) is 22.3 Å². The molecule has 2 aliphatic carbocycles. The molecule has 9 rings (SSSR count). The Morgan fingerprint density at radius 2 is 0.826 bits per heavy atom. The van der Waals surface area contributed by atoms with Crippen molar-refractivity contribution >= 4 is 0 Å². The van der Waals surface area contributed by atoms with Crippen LogP contribution < -0.4 is 0 Å². The summed E-state index contributed by atoms with van der Waals surface area (Å²) in [5.74, 6) is 0. The molecule has 2 heterocycles. The predicted octanol–water partition coefficient (Wildman–Crippen LogP) is 10.7. The van der Waals surface area contributed by atoms with Gasteiger partial charge in [0.15, 0.2) is 0 Å². The predicted molar refractivity (Wildman–Crippen MR) is 189 cm³/mol. The van der Waals surface area contributed by atoms with Crippen molar-refractivity contribution in [2.24, 2.45) is 0 Å². The van der Waals surface area contributed by atoms with Gasteiger partial charge in [-0.05, 0) is 88.4 Å². The summed E-state index contributed by atoms with van der Waals surface area (Å²) < 4.78 is 0. The van der Waals surface area contributed by atoms with Gasteiger partial charge >= 0.3 is 0 Å². The minimum Gasteiger partial charge on any atom is -0.247 e. The first kappa shape index (κ1) is 26.8. The molecule has 0 aliphatic heterocycles. The van der Waals surface area contributed by atoms with E-state index in [0.29, 0.717) is 0 Å². The summed E-state index contributed by atoms with van der Waals surface area (Å²) in [5.41, 5.74) is 19.5. The van der Waals surface area contributed by atoms with Crippen LogP contribution in [0.2, 0.25) is 0 Å². The Bertz CT molecular complexity index is 2090. The molecule has 5 aromatic carbocycles. The third-order valence-corrected chi connectivity index (χ3v) is 9.70. The van der Waals surface area contributed by atoms with Gasteiger partial charge in [-0.2, -0.15) is 0 Å². The average molecular weight is 589 g/mol. The van der Waals surface area contributed by atoms with E-state index in [1.807, 2.05) is 0 Å². The molecule has 0 radical (unpaired) electrons. The van der Waals surface area contributed by atoms with E-state index in [1.54, 1.807) is 0 Å². The van der Waals surface area contributed by atoms with E-state index in [9.17, 15) is 0 Å². The second kappa shape index (κ2) is 11.1. The van der Waals surface area contributed by atoms with Crippen molar-refractivity contribution in [3.05, 3.63) is 168 Å². The molecule has 0 bridgehead atoms. The van der Waals surface area contributed by atoms with Crippen LogP contribution in [0.25, 0.3) is 67.3 Å². The fraction of sp³-hybridized carbons (Fsp3) is 0.0909. The number of aryl methyl sites for hydroxylation is 2. The maximum Gasteiger partial charge on any atom is 0.0750 e. The van der Waals surface area contributed by atoms with E-state index in [2.05, 4.69) is 146 Å². The summed E-state index contributed by atoms with van der Waals surface area (Å²) in [6.07, 6.45) is 4.01. The largest absolute Gasteiger partial charge is 0.247 e. The summed E-state index contributed by atoms with van der Waals surface area (Å²) in [6, 6.07) is 52.5. The Morgan fingerprint density at radius 3 is 1.52 bits per heavy atom. The van der Waals surface area contributed by atoms with Crippen molar-refractivity contribution in [1.29, 1.82) is 0 Å². The van der Waals surface area contributed by atoms with Crippen molar-refractivity contribution < 1.29 is 0 Å². The molecule has 0 fully saturated rings. The van der Waals surface area contributed by atoms with Gasteiger partial charge in [-0.25, -0.2) is 9.97 Å². The minimum atomic E-state index is 0.974. The van der Waals surface area contributed by atoms with Crippen molar-refractivity contribution in [2.45, 2.75) is 25.7 Å². The average Bonchev–Trinajstić information content (AvgIpc) is 3.14. The van der Waals surface area contributed by atoms with Crippen LogP contribution in [-0.4, -0.2) is 9.97 Å². The zero-order valence-electron chi connectivity index (χ0n) is 25.6. The van der Waals surface area contributed by atoms with Crippen LogP contribution in [0.1, 0.15) is 22.3 Å². The summed E-state index contributed by atoms with van der Waals surface area (Å²) >= 11 is 0. The lowest BCUT2D eigenvalue weighted by Gasteiger charge is -2.24. The van der Waals surface area contributed by atoms with E-state index in [-0.39, 0.29) is 0 Å². The SMILES string of the molecule is c1ccc(-c2cc3c(c(-c4cccc(-c5cc(-c6ccccc6)nc6c5CCc5ccccc5-6)c4)n2)CCc2ccccc2-3)cc1. The van der Waals surface area contributed by atoms with Crippen LogP contribution in [0.3, 0.4) is 0 Å². The molecule has 218 valence electrons. The van der Waals surface area contributed by atoms with Gasteiger partial charge in [-0.3, -0.25) is 0 Å². The molecular formula is C44H32N2. The Morgan fingerprint density at radius 1 is 0.326 bits per heavy atom. The third kappa shape index (κ3) is 4.57. The molecule has 0 spiro atoms. The van der Waals surface area contributed by atoms with E-state index < -0.39 is 0 Å². The van der Waals surface area contributed by atoms with E-state index in [0.717, 1.165) is 65.1 Å². The zero-order valence-corrected chi connectivity index (χ0v) is 25.6. The quantitative estimate of drug-likeness (QED) is 0.204. The smallest absolute Gasteiger partial charge is 0.0750 e. The maximum atomic E-state index is 5.40. The summed E-state index contributed by atoms with van der Waals surface area (Å²) in [5, 5.41) is 0. The molecule has 2 nitrogen and oxygen atoms in total. The molecule has 2 aromatic heterocycles. The normalized spacial score (nSPS) is 12.9. The highest BCUT2D eigenvalue weighted by atomic mass is 14.7. The number of hydrogen-bond acceptors (Lipinski definition) is 2. The fourth-order valence-electron chi connectivity index (χ4n) is 7.45. The zero-order chi connectivity index (χ0) is 30.5. The Balaban J connectivity index is 1.26. The van der Waals surface area contributed by atoms with Gasteiger partial charge in [0.1, 0.15) is 0 Å². The molecule has 0 amide bonds. The van der Waals surface area contributed by atoms with Crippen LogP contribution in [-0.2, 0) is 25.7 Å². The van der Waals surface area contributed by atoms with E-state index >= 15 is 0 Å². The molecule has 0 unspecified atom stereocenters. The van der Waals surface area contributed by atoms with Gasteiger partial charge in [0.2, 0.25) is 0 Å². The number of aromatic nitrogens is 2. The van der Waals surface area contributed by atoms with Gasteiger partial charge in [-0.1, -0.05) is 127 Å². The highest BCUT2D eigenvalue weighted by Gasteiger charge is 2.25. The third-order valence-electron chi connectivity index (χ3n) is 9.70. The van der Waals surface area contributed by atoms with Gasteiger partial charge in [-0.15, -0.1) is 0 Å². The van der Waals surface area contributed by atoms with Crippen molar-refractivity contribution in [2.75, 3.05) is 0 Å². The topological polar surface area (TPSA) is 25.8 Å². The Labute approximate surface area is 270 Å². The Hall–Kier alpha value is -5.60. The Kier molecular flexibility index (Phi) is 6.45. The number of rotatable bonds is 4. The number of hydrogen-bond donors (Lipinski definition) is 0. The monoisotopic (exact) mass is 588 g/mol. The first-order chi connectivity index (χ1) is 22.8. The molecule has 0 atom stereocenters. The standard InChI is InChI=1S/C44H32N2/c1-3-14-31(15-4-1)41-27-39(37-24-23-30-13-8-10-21-36(30)44(37)46-41)33-18-11-19-34(26-33)43-38-25-22-29-12-7-9-20-35(29)40(38)28-42(45-43)32-16-5-2-6-17-32/h1-21,26-28H,22-25H2. The molecule has 7 aromatic rings. The van der Waals surface area contributed by atoms with Gasteiger partial charge in [0.05, 0.1) is 22.8 Å². The number of nitrogens with zero attached hydrogens (tertiary/aromatic N) is 2. The highest BCUT2D eigenvalue weighted by molar-refractivity contribution is 5.87. The van der Waals surface area contributed by atoms with Crippen molar-refractivity contribution in [1.82, 2.24) is 9.97 Å². The van der Waals surface area contributed by atoms with Gasteiger partial charge in [0.25, 0.3) is 0 Å². The molecule has 2 heteroatoms. The lowest BCUT2D eigenvalue weighted by atomic mass is 9.82. The highest BCUT2D eigenvalue weighted by Crippen LogP contribution is 2.43. The van der Waals surface area contributed by atoms with Crippen LogP contribution in [0.4, 0.5) is 0 Å². The summed E-state index contributed by atoms with van der Waals surface area (Å²) in [6.45, 7) is 0. The number of pyridine rings is 2. The van der Waals surface area contributed by atoms with Crippen molar-refractivity contribution in [3.63, 3.8) is 0 Å². The van der Waals surface area contributed by atoms with Crippen LogP contribution >= 0.6 is 0 Å². The summed E-state index contributed by atoms with van der Waals surface area (Å²) in [4.78, 5) is 10.7. The fourth-order valence-corrected chi connectivity index (χ4v) is 7.45. The maximum absolute atomic E-state index is 5.40. The molecule has 0 saturated carbocycles. The molecule has 0 saturated heterocycles. The molecular weight excluding hydrogens is 556 g/mol. The molecule has 46 heavy (non-hydrogen) atoms. The lowest BCUT2D eigenvalue weighted by molar-refractivity contribution is 0.930. The second-order valence-electron chi connectivity index (χ2n) is 12.4. The van der Waals surface area contributed by atoms with E-state index in [1.165, 1.54) is 50.1 Å². The van der Waals surface area contributed by atoms with Gasteiger partial charge < -0.3 is 0 Å². The molecule has 0 N–H and O–H groups in total. The minimum absolute atomic E-state index is 0.974. The summed E-state index contributed by atoms with van der Waals surface area (Å²) in [7, 11) is 0. The molecule has 2 aliphatic rings. The van der Waals surface area contributed by atoms with Crippen LogP contribution in [0.5, 0.6) is 0 Å². The second-order valence-corrected chi connectivity index (χ2v) is 12.4. The van der Waals surface area contributed by atoms with Crippen LogP contribution in [0, 0.1) is 0 Å². The van der Waals surface area contributed by atoms with Crippen molar-refractivity contribution in [3.8, 4) is 67.3 Å². The van der Waals surface area contributed by atoms with E-state index in [4.69, 9.17) is 9.97 Å². The van der Waals surface area contributed by atoms with Crippen LogP contribution in [0.15, 0.2) is 146 Å². The first-order valence-corrected chi connectivity index (χ1v) is 16.3. The first-order valence-electron chi connectivity index (χ1n) is 16.3. The number of fused-ring (bicyclic) bond motifs is 6.